The summed E-state index contributed by atoms with van der Waals surface area (Å²) in [6.45, 7) is 1.81. The summed E-state index contributed by atoms with van der Waals surface area (Å²) >= 11 is 8.74. The Balaban J connectivity index is 2.16. The Morgan fingerprint density at radius 1 is 1.56 bits per heavy atom. The molecule has 0 aliphatic heterocycles. The van der Waals surface area contributed by atoms with Crippen molar-refractivity contribution in [3.63, 3.8) is 0 Å². The van der Waals surface area contributed by atoms with E-state index in [0.717, 1.165) is 14.9 Å². The van der Waals surface area contributed by atoms with Gasteiger partial charge in [-0.2, -0.15) is 0 Å². The molecule has 1 amide bonds. The van der Waals surface area contributed by atoms with Gasteiger partial charge in [-0.3, -0.25) is 4.79 Å². The second-order valence-electron chi connectivity index (χ2n) is 3.04. The number of amides is 1. The molecule has 2 heterocycles. The van der Waals surface area contributed by atoms with Crippen molar-refractivity contribution in [1.29, 1.82) is 0 Å². The predicted octanol–water partition coefficient (Wildman–Crippen LogP) is 3.87. The molecule has 0 saturated heterocycles. The molecule has 0 spiro atoms. The second kappa shape index (κ2) is 4.95. The number of hydrogen-bond donors (Lipinski definition) is 1. The van der Waals surface area contributed by atoms with Crippen molar-refractivity contribution in [2.45, 2.75) is 13.3 Å². The number of hydrogen-bond acceptors (Lipinski definition) is 4. The molecule has 0 atom stereocenters. The number of thiophene rings is 1. The van der Waals surface area contributed by atoms with Crippen molar-refractivity contribution in [1.82, 2.24) is 4.98 Å². The quantitative estimate of drug-likeness (QED) is 0.921. The first kappa shape index (κ1) is 11.6. The lowest BCUT2D eigenvalue weighted by atomic mass is 10.4. The van der Waals surface area contributed by atoms with E-state index in [1.54, 1.807) is 0 Å². The van der Waals surface area contributed by atoms with E-state index in [1.807, 2.05) is 24.4 Å². The van der Waals surface area contributed by atoms with E-state index in [4.69, 9.17) is 11.6 Å². The second-order valence-corrected chi connectivity index (χ2v) is 5.62. The highest BCUT2D eigenvalue weighted by Gasteiger charge is 2.08. The zero-order valence-electron chi connectivity index (χ0n) is 8.49. The van der Waals surface area contributed by atoms with Gasteiger partial charge in [0, 0.05) is 11.8 Å². The average molecular weight is 273 g/mol. The number of nitrogens with zero attached hydrogens (tertiary/aromatic N) is 1. The summed E-state index contributed by atoms with van der Waals surface area (Å²) in [4.78, 5) is 16.5. The summed E-state index contributed by atoms with van der Waals surface area (Å²) in [5.74, 6) is -0.0230. The molecule has 2 aromatic rings. The molecule has 0 aliphatic carbocycles. The summed E-state index contributed by atoms with van der Waals surface area (Å²) in [6, 6.07) is 3.76. The predicted molar refractivity (Wildman–Crippen MR) is 69.4 cm³/mol. The summed E-state index contributed by atoms with van der Waals surface area (Å²) in [7, 11) is 0. The number of carbonyl (C=O) groups is 1. The van der Waals surface area contributed by atoms with Crippen LogP contribution in [0.3, 0.4) is 0 Å². The van der Waals surface area contributed by atoms with Gasteiger partial charge in [0.25, 0.3) is 0 Å². The Kier molecular flexibility index (Phi) is 3.58. The monoisotopic (exact) mass is 272 g/mol. The lowest BCUT2D eigenvalue weighted by Crippen LogP contribution is -2.08. The van der Waals surface area contributed by atoms with E-state index >= 15 is 0 Å². The lowest BCUT2D eigenvalue weighted by molar-refractivity contribution is -0.115. The third-order valence-electron chi connectivity index (χ3n) is 1.90. The van der Waals surface area contributed by atoms with Gasteiger partial charge in [-0.25, -0.2) is 4.98 Å². The number of aromatic nitrogens is 1. The molecule has 0 saturated carbocycles. The van der Waals surface area contributed by atoms with Gasteiger partial charge in [0.05, 0.1) is 14.9 Å². The van der Waals surface area contributed by atoms with Crippen LogP contribution < -0.4 is 5.32 Å². The van der Waals surface area contributed by atoms with Crippen molar-refractivity contribution in [2.75, 3.05) is 5.32 Å². The SMILES string of the molecule is CCC(=O)Nc1nc(-c2ccc(Cl)s2)cs1. The minimum absolute atomic E-state index is 0.0230. The van der Waals surface area contributed by atoms with Crippen LogP contribution in [0.5, 0.6) is 0 Å². The molecule has 0 bridgehead atoms. The van der Waals surface area contributed by atoms with Gasteiger partial charge in [0.15, 0.2) is 5.13 Å². The zero-order valence-corrected chi connectivity index (χ0v) is 10.9. The smallest absolute Gasteiger partial charge is 0.225 e. The van der Waals surface area contributed by atoms with E-state index in [1.165, 1.54) is 22.7 Å². The topological polar surface area (TPSA) is 42.0 Å². The zero-order chi connectivity index (χ0) is 11.5. The summed E-state index contributed by atoms with van der Waals surface area (Å²) in [5, 5.41) is 5.27. The van der Waals surface area contributed by atoms with Gasteiger partial charge in [-0.1, -0.05) is 18.5 Å². The molecule has 6 heteroatoms. The van der Waals surface area contributed by atoms with E-state index in [2.05, 4.69) is 10.3 Å². The largest absolute Gasteiger partial charge is 0.302 e. The van der Waals surface area contributed by atoms with Crippen LogP contribution in [0.25, 0.3) is 10.6 Å². The maximum absolute atomic E-state index is 11.2. The van der Waals surface area contributed by atoms with Crippen LogP contribution in [0, 0.1) is 0 Å². The van der Waals surface area contributed by atoms with Crippen LogP contribution in [0.2, 0.25) is 4.34 Å². The standard InChI is InChI=1S/C10H9ClN2OS2/c1-2-9(14)13-10-12-6(5-15-10)7-3-4-8(11)16-7/h3-5H,2H2,1H3,(H,12,13,14). The Morgan fingerprint density at radius 2 is 2.38 bits per heavy atom. The summed E-state index contributed by atoms with van der Waals surface area (Å²) < 4.78 is 0.738. The molecule has 0 fully saturated rings. The van der Waals surface area contributed by atoms with Crippen molar-refractivity contribution in [3.05, 3.63) is 21.8 Å². The number of thiazole rings is 1. The van der Waals surface area contributed by atoms with Crippen LogP contribution >= 0.6 is 34.3 Å². The first-order chi connectivity index (χ1) is 7.69. The van der Waals surface area contributed by atoms with Crippen molar-refractivity contribution < 1.29 is 4.79 Å². The van der Waals surface area contributed by atoms with Crippen molar-refractivity contribution in [2.24, 2.45) is 0 Å². The van der Waals surface area contributed by atoms with Crippen LogP contribution in [-0.4, -0.2) is 10.9 Å². The molecule has 0 aromatic carbocycles. The number of nitrogens with one attached hydrogen (secondary N) is 1. The van der Waals surface area contributed by atoms with Gasteiger partial charge in [0.1, 0.15) is 0 Å². The summed E-state index contributed by atoms with van der Waals surface area (Å²) in [6.07, 6.45) is 0.458. The van der Waals surface area contributed by atoms with Gasteiger partial charge in [-0.05, 0) is 12.1 Å². The molecule has 0 aliphatic rings. The van der Waals surface area contributed by atoms with Crippen molar-refractivity contribution >= 4 is 45.3 Å². The van der Waals surface area contributed by atoms with Crippen LogP contribution in [0.15, 0.2) is 17.5 Å². The van der Waals surface area contributed by atoms with Crippen LogP contribution in [0.4, 0.5) is 5.13 Å². The molecule has 3 nitrogen and oxygen atoms in total. The Hall–Kier alpha value is -0.910. The van der Waals surface area contributed by atoms with E-state index in [-0.39, 0.29) is 5.91 Å². The van der Waals surface area contributed by atoms with Crippen LogP contribution in [0.1, 0.15) is 13.3 Å². The molecule has 1 N–H and O–H groups in total. The average Bonchev–Trinajstić information content (AvgIpc) is 2.87. The maximum atomic E-state index is 11.2. The molecule has 0 unspecified atom stereocenters. The van der Waals surface area contributed by atoms with Gasteiger partial charge in [-0.15, -0.1) is 22.7 Å². The van der Waals surface area contributed by atoms with Gasteiger partial charge in [0.2, 0.25) is 5.91 Å². The Labute approximate surface area is 106 Å². The minimum atomic E-state index is -0.0230. The van der Waals surface area contributed by atoms with Crippen molar-refractivity contribution in [3.8, 4) is 10.6 Å². The van der Waals surface area contributed by atoms with E-state index in [9.17, 15) is 4.79 Å². The fourth-order valence-corrected chi connectivity index (χ4v) is 2.91. The third-order valence-corrected chi connectivity index (χ3v) is 3.91. The normalized spacial score (nSPS) is 10.4. The fourth-order valence-electron chi connectivity index (χ4n) is 1.10. The maximum Gasteiger partial charge on any atom is 0.225 e. The molecule has 16 heavy (non-hydrogen) atoms. The highest BCUT2D eigenvalue weighted by Crippen LogP contribution is 2.32. The molecule has 2 rings (SSSR count). The first-order valence-electron chi connectivity index (χ1n) is 4.70. The number of anilines is 1. The number of halogens is 1. The molecular weight excluding hydrogens is 264 g/mol. The first-order valence-corrected chi connectivity index (χ1v) is 6.77. The third kappa shape index (κ3) is 2.61. The lowest BCUT2D eigenvalue weighted by Gasteiger charge is -1.96. The Bertz CT molecular complexity index is 506. The highest BCUT2D eigenvalue weighted by atomic mass is 35.5. The van der Waals surface area contributed by atoms with E-state index in [0.29, 0.717) is 11.6 Å². The Morgan fingerprint density at radius 3 is 3.00 bits per heavy atom. The minimum Gasteiger partial charge on any atom is -0.302 e. The van der Waals surface area contributed by atoms with Gasteiger partial charge < -0.3 is 5.32 Å². The molecule has 0 radical (unpaired) electrons. The molecular formula is C10H9ClN2OS2. The van der Waals surface area contributed by atoms with Gasteiger partial charge >= 0.3 is 0 Å². The molecule has 2 aromatic heterocycles. The van der Waals surface area contributed by atoms with E-state index < -0.39 is 0 Å². The molecule has 84 valence electrons. The summed E-state index contributed by atoms with van der Waals surface area (Å²) in [5.41, 5.74) is 0.855. The fraction of sp³-hybridized carbons (Fsp3) is 0.200. The highest BCUT2D eigenvalue weighted by molar-refractivity contribution is 7.20. The number of carbonyl (C=O) groups excluding carboxylic acids is 1. The number of rotatable bonds is 3. The van der Waals surface area contributed by atoms with Crippen LogP contribution in [-0.2, 0) is 4.79 Å².